The molecule has 0 fully saturated rings. The van der Waals surface area contributed by atoms with Crippen LogP contribution in [0.1, 0.15) is 51.9 Å². The van der Waals surface area contributed by atoms with E-state index in [-0.39, 0.29) is 23.8 Å². The number of rotatable bonds is 9. The maximum Gasteiger partial charge on any atom is 0.221 e. The number of aromatic nitrogens is 2. The lowest BCUT2D eigenvalue weighted by Crippen LogP contribution is -2.38. The standard InChI is InChI=1S/C19H27FN4OS/c1-5-14(4)24(11-10-18(25)21-13(2)3)19-22-17(23-26-19)12-15-6-8-16(20)9-7-15/h6-9,13-14H,5,10-12H2,1-4H3,(H,21,25). The Bertz CT molecular complexity index is 702. The van der Waals surface area contributed by atoms with E-state index in [0.29, 0.717) is 19.4 Å². The smallest absolute Gasteiger partial charge is 0.221 e. The molecule has 0 aliphatic heterocycles. The van der Waals surface area contributed by atoms with Crippen LogP contribution >= 0.6 is 11.5 Å². The Kier molecular flexibility index (Phi) is 7.50. The van der Waals surface area contributed by atoms with Crippen molar-refractivity contribution in [1.29, 1.82) is 0 Å². The Hall–Kier alpha value is -2.02. The minimum absolute atomic E-state index is 0.0457. The van der Waals surface area contributed by atoms with Crippen LogP contribution in [0.3, 0.4) is 0 Å². The lowest BCUT2D eigenvalue weighted by Gasteiger charge is -2.27. The molecule has 0 aliphatic carbocycles. The quantitative estimate of drug-likeness (QED) is 0.721. The Morgan fingerprint density at radius 3 is 2.58 bits per heavy atom. The van der Waals surface area contributed by atoms with E-state index >= 15 is 0 Å². The fourth-order valence-corrected chi connectivity index (χ4v) is 3.37. The molecule has 26 heavy (non-hydrogen) atoms. The second-order valence-electron chi connectivity index (χ2n) is 6.72. The molecule has 142 valence electrons. The third-order valence-electron chi connectivity index (χ3n) is 4.13. The van der Waals surface area contributed by atoms with Gasteiger partial charge in [-0.25, -0.2) is 9.37 Å². The number of nitrogens with one attached hydrogen (secondary N) is 1. The summed E-state index contributed by atoms with van der Waals surface area (Å²) in [4.78, 5) is 18.8. The molecule has 1 aromatic carbocycles. The second-order valence-corrected chi connectivity index (χ2v) is 7.45. The Labute approximate surface area is 158 Å². The first-order chi connectivity index (χ1) is 12.4. The fraction of sp³-hybridized carbons (Fsp3) is 0.526. The normalized spacial score (nSPS) is 12.2. The molecule has 7 heteroatoms. The first kappa shape index (κ1) is 20.3. The lowest BCUT2D eigenvalue weighted by atomic mass is 10.1. The Balaban J connectivity index is 2.04. The minimum Gasteiger partial charge on any atom is -0.354 e. The summed E-state index contributed by atoms with van der Waals surface area (Å²) in [6.07, 6.45) is 1.95. The molecule has 0 radical (unpaired) electrons. The van der Waals surface area contributed by atoms with E-state index in [0.717, 1.165) is 22.9 Å². The molecule has 1 unspecified atom stereocenters. The van der Waals surface area contributed by atoms with Crippen LogP contribution in [0, 0.1) is 5.82 Å². The maximum atomic E-state index is 13.0. The number of halogens is 1. The highest BCUT2D eigenvalue weighted by atomic mass is 32.1. The number of hydrogen-bond acceptors (Lipinski definition) is 5. The largest absolute Gasteiger partial charge is 0.354 e. The number of nitrogens with zero attached hydrogens (tertiary/aromatic N) is 3. The highest BCUT2D eigenvalue weighted by Gasteiger charge is 2.19. The predicted molar refractivity (Wildman–Crippen MR) is 104 cm³/mol. The van der Waals surface area contributed by atoms with E-state index in [4.69, 9.17) is 0 Å². The molecule has 5 nitrogen and oxygen atoms in total. The van der Waals surface area contributed by atoms with Gasteiger partial charge in [0.2, 0.25) is 11.0 Å². The van der Waals surface area contributed by atoms with E-state index in [9.17, 15) is 9.18 Å². The number of hydrogen-bond donors (Lipinski definition) is 1. The third kappa shape index (κ3) is 6.05. The van der Waals surface area contributed by atoms with Gasteiger partial charge in [-0.2, -0.15) is 4.37 Å². The second kappa shape index (κ2) is 9.62. The summed E-state index contributed by atoms with van der Waals surface area (Å²) in [6.45, 7) is 8.76. The first-order valence-electron chi connectivity index (χ1n) is 9.02. The molecular weight excluding hydrogens is 351 g/mol. The summed E-state index contributed by atoms with van der Waals surface area (Å²) in [5.74, 6) is 0.518. The summed E-state index contributed by atoms with van der Waals surface area (Å²) in [5.41, 5.74) is 0.974. The van der Waals surface area contributed by atoms with Crippen LogP contribution < -0.4 is 10.2 Å². The topological polar surface area (TPSA) is 58.1 Å². The molecule has 2 rings (SSSR count). The summed E-state index contributed by atoms with van der Waals surface area (Å²) in [5, 5.41) is 3.75. The van der Waals surface area contributed by atoms with Gasteiger partial charge in [0, 0.05) is 43.0 Å². The van der Waals surface area contributed by atoms with Gasteiger partial charge >= 0.3 is 0 Å². The van der Waals surface area contributed by atoms with E-state index in [1.54, 1.807) is 12.1 Å². The van der Waals surface area contributed by atoms with E-state index in [2.05, 4.69) is 33.4 Å². The van der Waals surface area contributed by atoms with Crippen molar-refractivity contribution in [3.8, 4) is 0 Å². The van der Waals surface area contributed by atoms with Crippen molar-refractivity contribution >= 4 is 22.6 Å². The SMILES string of the molecule is CCC(C)N(CCC(=O)NC(C)C)c1nc(Cc2ccc(F)cc2)ns1. The van der Waals surface area contributed by atoms with Crippen molar-refractivity contribution in [2.45, 2.75) is 59.0 Å². The minimum atomic E-state index is -0.247. The van der Waals surface area contributed by atoms with Gasteiger partial charge < -0.3 is 10.2 Å². The van der Waals surface area contributed by atoms with Crippen LogP contribution in [-0.2, 0) is 11.2 Å². The zero-order chi connectivity index (χ0) is 19.1. The molecule has 0 bridgehead atoms. The molecule has 1 heterocycles. The molecule has 1 aromatic heterocycles. The molecule has 1 N–H and O–H groups in total. The highest BCUT2D eigenvalue weighted by Crippen LogP contribution is 2.22. The number of benzene rings is 1. The van der Waals surface area contributed by atoms with Gasteiger partial charge in [-0.1, -0.05) is 19.1 Å². The Morgan fingerprint density at radius 2 is 1.96 bits per heavy atom. The average molecular weight is 379 g/mol. The summed E-state index contributed by atoms with van der Waals surface area (Å²) in [7, 11) is 0. The van der Waals surface area contributed by atoms with Crippen molar-refractivity contribution < 1.29 is 9.18 Å². The van der Waals surface area contributed by atoms with Gasteiger partial charge in [0.15, 0.2) is 0 Å². The van der Waals surface area contributed by atoms with Crippen molar-refractivity contribution in [3.63, 3.8) is 0 Å². The third-order valence-corrected chi connectivity index (χ3v) is 4.92. The van der Waals surface area contributed by atoms with Gasteiger partial charge in [-0.3, -0.25) is 4.79 Å². The summed E-state index contributed by atoms with van der Waals surface area (Å²) >= 11 is 1.35. The molecule has 0 spiro atoms. The van der Waals surface area contributed by atoms with Gasteiger partial charge in [-0.05, 0) is 44.9 Å². The van der Waals surface area contributed by atoms with Crippen LogP contribution in [-0.4, -0.2) is 33.9 Å². The van der Waals surface area contributed by atoms with Crippen LogP contribution in [0.15, 0.2) is 24.3 Å². The number of anilines is 1. The van der Waals surface area contributed by atoms with Gasteiger partial charge in [-0.15, -0.1) is 0 Å². The molecule has 2 aromatic rings. The summed E-state index contributed by atoms with van der Waals surface area (Å²) in [6, 6.07) is 6.80. The van der Waals surface area contributed by atoms with Crippen LogP contribution in [0.25, 0.3) is 0 Å². The van der Waals surface area contributed by atoms with Gasteiger partial charge in [0.1, 0.15) is 11.6 Å². The summed E-state index contributed by atoms with van der Waals surface area (Å²) < 4.78 is 17.5. The molecule has 0 aliphatic rings. The lowest BCUT2D eigenvalue weighted by molar-refractivity contribution is -0.121. The maximum absolute atomic E-state index is 13.0. The van der Waals surface area contributed by atoms with E-state index in [1.165, 1.54) is 23.7 Å². The number of amides is 1. The zero-order valence-corrected chi connectivity index (χ0v) is 16.6. The van der Waals surface area contributed by atoms with Gasteiger partial charge in [0.25, 0.3) is 0 Å². The van der Waals surface area contributed by atoms with Crippen molar-refractivity contribution in [1.82, 2.24) is 14.7 Å². The van der Waals surface area contributed by atoms with Crippen LogP contribution in [0.5, 0.6) is 0 Å². The van der Waals surface area contributed by atoms with Crippen LogP contribution in [0.4, 0.5) is 9.52 Å². The number of carbonyl (C=O) groups is 1. The first-order valence-corrected chi connectivity index (χ1v) is 9.79. The molecule has 0 saturated heterocycles. The molecule has 1 atom stereocenters. The van der Waals surface area contributed by atoms with Crippen molar-refractivity contribution in [2.75, 3.05) is 11.4 Å². The van der Waals surface area contributed by atoms with E-state index in [1.807, 2.05) is 13.8 Å². The van der Waals surface area contributed by atoms with E-state index < -0.39 is 0 Å². The highest BCUT2D eigenvalue weighted by molar-refractivity contribution is 7.09. The zero-order valence-electron chi connectivity index (χ0n) is 15.8. The average Bonchev–Trinajstić information content (AvgIpc) is 3.04. The monoisotopic (exact) mass is 378 g/mol. The van der Waals surface area contributed by atoms with Crippen LogP contribution in [0.2, 0.25) is 0 Å². The molecule has 1 amide bonds. The molecule has 0 saturated carbocycles. The fourth-order valence-electron chi connectivity index (χ4n) is 2.56. The molecular formula is C19H27FN4OS. The predicted octanol–water partition coefficient (Wildman–Crippen LogP) is 3.79. The Morgan fingerprint density at radius 1 is 1.27 bits per heavy atom. The van der Waals surface area contributed by atoms with Crippen molar-refractivity contribution in [2.24, 2.45) is 0 Å². The number of carbonyl (C=O) groups excluding carboxylic acids is 1. The van der Waals surface area contributed by atoms with Crippen molar-refractivity contribution in [3.05, 3.63) is 41.5 Å². The van der Waals surface area contributed by atoms with Gasteiger partial charge in [0.05, 0.1) is 0 Å².